The number of sulfonamides is 1. The van der Waals surface area contributed by atoms with Gasteiger partial charge in [0.05, 0.1) is 11.6 Å². The summed E-state index contributed by atoms with van der Waals surface area (Å²) in [5.74, 6) is -0.870. The van der Waals surface area contributed by atoms with Gasteiger partial charge in [0.2, 0.25) is 10.0 Å². The van der Waals surface area contributed by atoms with Crippen molar-refractivity contribution >= 4 is 21.6 Å². The van der Waals surface area contributed by atoms with Crippen molar-refractivity contribution in [2.75, 3.05) is 11.9 Å². The van der Waals surface area contributed by atoms with Crippen LogP contribution in [0.2, 0.25) is 0 Å². The highest BCUT2D eigenvalue weighted by atomic mass is 32.2. The van der Waals surface area contributed by atoms with Crippen molar-refractivity contribution in [2.45, 2.75) is 29.6 Å². The number of carbonyl (C=O) groups excluding carboxylic acids is 1. The van der Waals surface area contributed by atoms with E-state index in [0.717, 1.165) is 16.8 Å². The third-order valence-electron chi connectivity index (χ3n) is 4.80. The molecule has 32 heavy (non-hydrogen) atoms. The molecule has 13 heteroatoms. The van der Waals surface area contributed by atoms with Crippen LogP contribution in [-0.4, -0.2) is 42.2 Å². The molecule has 2 atom stereocenters. The topological polar surface area (TPSA) is 110 Å². The van der Waals surface area contributed by atoms with Crippen LogP contribution in [0.5, 0.6) is 5.75 Å². The summed E-state index contributed by atoms with van der Waals surface area (Å²) in [7, 11) is -2.97. The molecule has 3 rings (SSSR count). The van der Waals surface area contributed by atoms with Gasteiger partial charge in [0.1, 0.15) is 22.9 Å². The largest absolute Gasteiger partial charge is 0.488 e. The van der Waals surface area contributed by atoms with Crippen molar-refractivity contribution in [2.24, 2.45) is 7.05 Å². The molecule has 0 aliphatic carbocycles. The van der Waals surface area contributed by atoms with Crippen LogP contribution in [0.3, 0.4) is 0 Å². The SMILES string of the molecule is C#CC(C)(O)[C@H]1COc2c(cn(C)c2C(=O)Nc2ccc(F)c(C(F)(F)F)c2)S(=O)(=O)N1. The molecule has 8 nitrogen and oxygen atoms in total. The number of terminal acetylenes is 1. The first-order chi connectivity index (χ1) is 14.7. The van der Waals surface area contributed by atoms with E-state index < -0.39 is 56.6 Å². The zero-order valence-corrected chi connectivity index (χ0v) is 17.4. The van der Waals surface area contributed by atoms with Gasteiger partial charge in [-0.3, -0.25) is 4.79 Å². The number of rotatable bonds is 3. The van der Waals surface area contributed by atoms with Gasteiger partial charge in [0.25, 0.3) is 5.91 Å². The van der Waals surface area contributed by atoms with E-state index in [1.807, 2.05) is 5.92 Å². The monoisotopic (exact) mass is 475 g/mol. The number of benzene rings is 1. The average Bonchev–Trinajstić information content (AvgIpc) is 2.96. The second kappa shape index (κ2) is 7.80. The van der Waals surface area contributed by atoms with Gasteiger partial charge in [0.15, 0.2) is 11.4 Å². The number of nitrogens with zero attached hydrogens (tertiary/aromatic N) is 1. The number of ether oxygens (including phenoxy) is 1. The lowest BCUT2D eigenvalue weighted by Gasteiger charge is -2.26. The first-order valence-electron chi connectivity index (χ1n) is 8.90. The highest BCUT2D eigenvalue weighted by Gasteiger charge is 2.41. The van der Waals surface area contributed by atoms with Crippen LogP contribution in [0.4, 0.5) is 23.2 Å². The molecular formula is C19H17F4N3O5S. The summed E-state index contributed by atoms with van der Waals surface area (Å²) in [5.41, 5.74) is -4.20. The predicted molar refractivity (Wildman–Crippen MR) is 104 cm³/mol. The number of aryl methyl sites for hydroxylation is 1. The molecule has 1 unspecified atom stereocenters. The average molecular weight is 475 g/mol. The molecule has 0 fully saturated rings. The van der Waals surface area contributed by atoms with Crippen LogP contribution in [-0.2, 0) is 23.2 Å². The van der Waals surface area contributed by atoms with Crippen molar-refractivity contribution in [1.29, 1.82) is 0 Å². The standard InChI is InChI=1S/C19H17F4N3O5S/c1-4-18(2,28)14-9-31-16-13(32(29,30)25-14)8-26(3)15(16)17(27)24-10-5-6-12(20)11(7-10)19(21,22)23/h1,5-8,14,25,28H,9H2,2-3H3,(H,24,27)/t14-,18?/m1/s1. The van der Waals surface area contributed by atoms with E-state index in [-0.39, 0.29) is 17.1 Å². The molecule has 0 bridgehead atoms. The quantitative estimate of drug-likeness (QED) is 0.464. The van der Waals surface area contributed by atoms with Crippen LogP contribution in [0.15, 0.2) is 29.3 Å². The van der Waals surface area contributed by atoms with E-state index in [4.69, 9.17) is 11.2 Å². The first kappa shape index (κ1) is 23.6. The van der Waals surface area contributed by atoms with Gasteiger partial charge in [-0.25, -0.2) is 17.5 Å². The molecule has 1 amide bonds. The molecule has 3 N–H and O–H groups in total. The molecule has 0 saturated heterocycles. The molecule has 0 saturated carbocycles. The second-order valence-corrected chi connectivity index (χ2v) is 8.89. The minimum atomic E-state index is -4.99. The number of anilines is 1. The zero-order chi connectivity index (χ0) is 24.1. The van der Waals surface area contributed by atoms with Crippen LogP contribution in [0, 0.1) is 18.2 Å². The molecule has 172 valence electrons. The van der Waals surface area contributed by atoms with Crippen molar-refractivity contribution < 1.29 is 40.6 Å². The Morgan fingerprint density at radius 3 is 2.66 bits per heavy atom. The maximum absolute atomic E-state index is 13.5. The number of amides is 1. The second-order valence-electron chi connectivity index (χ2n) is 7.21. The number of halogens is 4. The lowest BCUT2D eigenvalue weighted by Crippen LogP contribution is -2.52. The van der Waals surface area contributed by atoms with Crippen molar-refractivity contribution in [3.05, 3.63) is 41.5 Å². The van der Waals surface area contributed by atoms with Gasteiger partial charge >= 0.3 is 6.18 Å². The van der Waals surface area contributed by atoms with E-state index in [9.17, 15) is 35.9 Å². The lowest BCUT2D eigenvalue weighted by molar-refractivity contribution is -0.139. The number of aliphatic hydroxyl groups is 1. The fraction of sp³-hybridized carbons (Fsp3) is 0.316. The number of aromatic nitrogens is 1. The van der Waals surface area contributed by atoms with Crippen molar-refractivity contribution in [1.82, 2.24) is 9.29 Å². The van der Waals surface area contributed by atoms with E-state index in [1.165, 1.54) is 14.0 Å². The predicted octanol–water partition coefficient (Wildman–Crippen LogP) is 1.86. The van der Waals surface area contributed by atoms with Crippen molar-refractivity contribution in [3.8, 4) is 18.1 Å². The Bertz CT molecular complexity index is 1230. The normalized spacial score (nSPS) is 19.6. The van der Waals surface area contributed by atoms with Gasteiger partial charge in [-0.05, 0) is 25.1 Å². The van der Waals surface area contributed by atoms with Gasteiger partial charge in [-0.2, -0.15) is 13.2 Å². The molecular weight excluding hydrogens is 458 g/mol. The van der Waals surface area contributed by atoms with Crippen LogP contribution < -0.4 is 14.8 Å². The maximum atomic E-state index is 13.5. The number of nitrogens with one attached hydrogen (secondary N) is 2. The van der Waals surface area contributed by atoms with Gasteiger partial charge in [-0.15, -0.1) is 6.42 Å². The molecule has 0 radical (unpaired) electrons. The Hall–Kier alpha value is -3.08. The molecule has 1 aromatic heterocycles. The van der Waals surface area contributed by atoms with Gasteiger partial charge < -0.3 is 19.7 Å². The minimum Gasteiger partial charge on any atom is -0.488 e. The molecule has 2 heterocycles. The lowest BCUT2D eigenvalue weighted by atomic mass is 9.99. The van der Waals surface area contributed by atoms with E-state index in [0.29, 0.717) is 12.1 Å². The van der Waals surface area contributed by atoms with E-state index in [2.05, 4.69) is 10.0 Å². The van der Waals surface area contributed by atoms with E-state index >= 15 is 0 Å². The summed E-state index contributed by atoms with van der Waals surface area (Å²) in [6.45, 7) is 0.752. The molecule has 1 aliphatic heterocycles. The highest BCUT2D eigenvalue weighted by molar-refractivity contribution is 7.89. The number of fused-ring (bicyclic) bond motifs is 1. The summed E-state index contributed by atoms with van der Waals surface area (Å²) in [5, 5.41) is 12.4. The summed E-state index contributed by atoms with van der Waals surface area (Å²) < 4.78 is 86.5. The van der Waals surface area contributed by atoms with Crippen LogP contribution >= 0.6 is 0 Å². The molecule has 1 aliphatic rings. The summed E-state index contributed by atoms with van der Waals surface area (Å²) in [4.78, 5) is 12.4. The highest BCUT2D eigenvalue weighted by Crippen LogP contribution is 2.35. The van der Waals surface area contributed by atoms with Gasteiger partial charge in [0, 0.05) is 18.9 Å². The Morgan fingerprint density at radius 1 is 1.41 bits per heavy atom. The Kier molecular flexibility index (Phi) is 5.75. The summed E-state index contributed by atoms with van der Waals surface area (Å²) in [6, 6.07) is 0.622. The molecule has 0 spiro atoms. The number of alkyl halides is 3. The number of hydrogen-bond acceptors (Lipinski definition) is 5. The number of hydrogen-bond donors (Lipinski definition) is 3. The van der Waals surface area contributed by atoms with Crippen LogP contribution in [0.1, 0.15) is 23.0 Å². The Labute approximate surface area is 180 Å². The minimum absolute atomic E-state index is 0.329. The summed E-state index contributed by atoms with van der Waals surface area (Å²) >= 11 is 0. The number of carbonyl (C=O) groups is 1. The third-order valence-corrected chi connectivity index (χ3v) is 6.26. The molecule has 2 aromatic rings. The van der Waals surface area contributed by atoms with E-state index in [1.54, 1.807) is 0 Å². The fourth-order valence-corrected chi connectivity index (χ4v) is 4.51. The smallest absolute Gasteiger partial charge is 0.419 e. The van der Waals surface area contributed by atoms with Gasteiger partial charge in [-0.1, -0.05) is 5.92 Å². The van der Waals surface area contributed by atoms with Crippen LogP contribution in [0.25, 0.3) is 0 Å². The third kappa shape index (κ3) is 4.29. The molecule has 1 aromatic carbocycles. The Morgan fingerprint density at radius 2 is 2.06 bits per heavy atom. The van der Waals surface area contributed by atoms with Crippen molar-refractivity contribution in [3.63, 3.8) is 0 Å². The first-order valence-corrected chi connectivity index (χ1v) is 10.4. The fourth-order valence-electron chi connectivity index (χ4n) is 3.01. The zero-order valence-electron chi connectivity index (χ0n) is 16.6. The summed E-state index contributed by atoms with van der Waals surface area (Å²) in [6.07, 6.45) is 1.31. The maximum Gasteiger partial charge on any atom is 0.419 e. The Balaban J connectivity index is 1.99.